The van der Waals surface area contributed by atoms with E-state index in [4.69, 9.17) is 39.5 Å². The van der Waals surface area contributed by atoms with Gasteiger partial charge in [0, 0.05) is 10.0 Å². The molecule has 3 amide bonds. The van der Waals surface area contributed by atoms with E-state index in [-0.39, 0.29) is 18.1 Å². The zero-order valence-electron chi connectivity index (χ0n) is 18.3. The van der Waals surface area contributed by atoms with Crippen LogP contribution in [0.1, 0.15) is 11.1 Å². The lowest BCUT2D eigenvalue weighted by molar-refractivity contribution is -0.123. The van der Waals surface area contributed by atoms with Gasteiger partial charge in [0.2, 0.25) is 0 Å². The number of amides is 3. The average Bonchev–Trinajstić information content (AvgIpc) is 3.09. The van der Waals surface area contributed by atoms with Crippen LogP contribution in [0.5, 0.6) is 5.75 Å². The maximum Gasteiger partial charge on any atom is 0.293 e. The monoisotopic (exact) mass is 624 g/mol. The Morgan fingerprint density at radius 3 is 2.53 bits per heavy atom. The van der Waals surface area contributed by atoms with Gasteiger partial charge in [0.25, 0.3) is 17.1 Å². The molecular weight excluding hydrogens is 611 g/mol. The molecule has 0 spiro atoms. The molecule has 1 saturated heterocycles. The zero-order chi connectivity index (χ0) is 25.8. The molecule has 0 unspecified atom stereocenters. The van der Waals surface area contributed by atoms with E-state index in [1.54, 1.807) is 66.7 Å². The third kappa shape index (κ3) is 6.44. The number of hydrogen-bond acceptors (Lipinski definition) is 5. The Kier molecular flexibility index (Phi) is 8.64. The lowest BCUT2D eigenvalue weighted by Gasteiger charge is -2.13. The Hall–Kier alpha value is -2.49. The molecule has 1 heterocycles. The summed E-state index contributed by atoms with van der Waals surface area (Å²) in [6, 6.07) is 16.9. The Morgan fingerprint density at radius 2 is 1.78 bits per heavy atom. The van der Waals surface area contributed by atoms with Crippen LogP contribution in [0.25, 0.3) is 6.08 Å². The summed E-state index contributed by atoms with van der Waals surface area (Å²) in [7, 11) is 0. The predicted octanol–water partition coefficient (Wildman–Crippen LogP) is 7.66. The number of anilines is 1. The molecule has 1 aliphatic rings. The minimum atomic E-state index is -0.446. The van der Waals surface area contributed by atoms with Crippen molar-refractivity contribution in [2.24, 2.45) is 0 Å². The van der Waals surface area contributed by atoms with Crippen LogP contribution in [0.15, 0.2) is 70.0 Å². The second-order valence-electron chi connectivity index (χ2n) is 7.52. The largest absolute Gasteiger partial charge is 0.483 e. The van der Waals surface area contributed by atoms with Gasteiger partial charge >= 0.3 is 0 Å². The number of benzene rings is 3. The highest BCUT2D eigenvalue weighted by Gasteiger charge is 2.35. The number of halogens is 4. The van der Waals surface area contributed by atoms with Gasteiger partial charge in [0.1, 0.15) is 5.75 Å². The first kappa shape index (κ1) is 26.6. The van der Waals surface area contributed by atoms with Gasteiger partial charge in [0.05, 0.1) is 32.2 Å². The molecule has 1 N–H and O–H groups in total. The summed E-state index contributed by atoms with van der Waals surface area (Å²) in [4.78, 5) is 39.3. The minimum absolute atomic E-state index is 0.0585. The number of imide groups is 1. The summed E-state index contributed by atoms with van der Waals surface area (Å²) in [6.07, 6.45) is 1.56. The van der Waals surface area contributed by atoms with Crippen molar-refractivity contribution in [1.29, 1.82) is 0 Å². The van der Waals surface area contributed by atoms with Crippen molar-refractivity contribution in [3.05, 3.63) is 96.2 Å². The van der Waals surface area contributed by atoms with Crippen LogP contribution in [0.2, 0.25) is 15.1 Å². The molecule has 0 aromatic heterocycles. The Balaban J connectivity index is 1.49. The van der Waals surface area contributed by atoms with Crippen LogP contribution in [0, 0.1) is 0 Å². The summed E-state index contributed by atoms with van der Waals surface area (Å²) in [5.74, 6) is -0.485. The molecule has 11 heteroatoms. The fraction of sp³-hybridized carbons (Fsp3) is 0.0800. The fourth-order valence-corrected chi connectivity index (χ4v) is 4.97. The van der Waals surface area contributed by atoms with Gasteiger partial charge in [0.15, 0.2) is 6.61 Å². The number of ether oxygens (including phenoxy) is 1. The molecule has 3 aromatic carbocycles. The van der Waals surface area contributed by atoms with E-state index >= 15 is 0 Å². The summed E-state index contributed by atoms with van der Waals surface area (Å²) in [6.45, 7) is -0.227. The second kappa shape index (κ2) is 11.7. The van der Waals surface area contributed by atoms with Crippen molar-refractivity contribution in [3.63, 3.8) is 0 Å². The highest BCUT2D eigenvalue weighted by Crippen LogP contribution is 2.36. The highest BCUT2D eigenvalue weighted by atomic mass is 79.9. The molecule has 184 valence electrons. The summed E-state index contributed by atoms with van der Waals surface area (Å²) < 4.78 is 6.45. The summed E-state index contributed by atoms with van der Waals surface area (Å²) in [5, 5.41) is 3.41. The second-order valence-corrected chi connectivity index (χ2v) is 10.6. The van der Waals surface area contributed by atoms with Crippen LogP contribution in [-0.2, 0) is 16.1 Å². The van der Waals surface area contributed by atoms with E-state index in [1.165, 1.54) is 0 Å². The van der Waals surface area contributed by atoms with Crippen LogP contribution < -0.4 is 10.1 Å². The Labute approximate surface area is 234 Å². The van der Waals surface area contributed by atoms with Crippen LogP contribution in [0.4, 0.5) is 10.5 Å². The summed E-state index contributed by atoms with van der Waals surface area (Å²) in [5.41, 5.74) is 1.67. The van der Waals surface area contributed by atoms with Crippen molar-refractivity contribution >= 4 is 91.3 Å². The molecule has 0 saturated carbocycles. The maximum atomic E-state index is 13.0. The number of thioether (sulfide) groups is 1. The van der Waals surface area contributed by atoms with Gasteiger partial charge in [-0.3, -0.25) is 19.3 Å². The van der Waals surface area contributed by atoms with Crippen LogP contribution in [0.3, 0.4) is 0 Å². The lowest BCUT2D eigenvalue weighted by atomic mass is 10.1. The van der Waals surface area contributed by atoms with Gasteiger partial charge in [-0.2, -0.15) is 0 Å². The number of nitrogens with zero attached hydrogens (tertiary/aromatic N) is 1. The number of hydrogen-bond donors (Lipinski definition) is 1. The van der Waals surface area contributed by atoms with Gasteiger partial charge in [-0.25, -0.2) is 0 Å². The number of carbonyl (C=O) groups is 3. The molecule has 6 nitrogen and oxygen atoms in total. The first-order valence-electron chi connectivity index (χ1n) is 10.4. The average molecular weight is 627 g/mol. The van der Waals surface area contributed by atoms with Crippen molar-refractivity contribution in [1.82, 2.24) is 4.90 Å². The molecule has 0 aliphatic carbocycles. The van der Waals surface area contributed by atoms with Crippen LogP contribution in [-0.4, -0.2) is 28.6 Å². The molecule has 3 aromatic rings. The molecule has 4 rings (SSSR count). The van der Waals surface area contributed by atoms with Gasteiger partial charge in [-0.1, -0.05) is 68.9 Å². The molecule has 36 heavy (non-hydrogen) atoms. The molecule has 1 fully saturated rings. The van der Waals surface area contributed by atoms with E-state index in [1.807, 2.05) is 0 Å². The van der Waals surface area contributed by atoms with Crippen molar-refractivity contribution < 1.29 is 19.1 Å². The third-order valence-electron chi connectivity index (χ3n) is 4.96. The minimum Gasteiger partial charge on any atom is -0.483 e. The van der Waals surface area contributed by atoms with Crippen molar-refractivity contribution in [3.8, 4) is 5.75 Å². The quantitative estimate of drug-likeness (QED) is 0.273. The number of rotatable bonds is 7. The smallest absolute Gasteiger partial charge is 0.293 e. The van der Waals surface area contributed by atoms with E-state index < -0.39 is 17.1 Å². The van der Waals surface area contributed by atoms with E-state index in [9.17, 15) is 14.4 Å². The highest BCUT2D eigenvalue weighted by molar-refractivity contribution is 9.10. The molecule has 0 radical (unpaired) electrons. The van der Waals surface area contributed by atoms with E-state index in [0.29, 0.717) is 37.6 Å². The van der Waals surface area contributed by atoms with E-state index in [2.05, 4.69) is 21.2 Å². The summed E-state index contributed by atoms with van der Waals surface area (Å²) >= 11 is 22.3. The molecular formula is C25H16BrCl3N2O4S. The first-order chi connectivity index (χ1) is 17.2. The predicted molar refractivity (Wildman–Crippen MR) is 148 cm³/mol. The van der Waals surface area contributed by atoms with E-state index in [0.717, 1.165) is 21.1 Å². The molecule has 0 bridgehead atoms. The normalized spacial score (nSPS) is 14.4. The zero-order valence-corrected chi connectivity index (χ0v) is 22.9. The lowest BCUT2D eigenvalue weighted by Crippen LogP contribution is -2.27. The standard InChI is InChI=1S/C25H16BrCl3N2O4S/c26-16-6-8-21(35-13-23(32)30-20-4-2-1-3-18(20)28)15(10-16)11-22-24(33)31(25(34)36-22)12-14-5-7-17(27)19(29)9-14/h1-11H,12-13H2,(H,30,32)/b22-11-. The van der Waals surface area contributed by atoms with Crippen molar-refractivity contribution in [2.45, 2.75) is 6.54 Å². The third-order valence-corrected chi connectivity index (χ3v) is 7.43. The Morgan fingerprint density at radius 1 is 1.00 bits per heavy atom. The maximum absolute atomic E-state index is 13.0. The number of para-hydroxylation sites is 1. The fourth-order valence-electron chi connectivity index (χ4n) is 3.25. The van der Waals surface area contributed by atoms with Gasteiger partial charge < -0.3 is 10.1 Å². The SMILES string of the molecule is O=C(COc1ccc(Br)cc1/C=C1\SC(=O)N(Cc2ccc(Cl)c(Cl)c2)C1=O)Nc1ccccc1Cl. The van der Waals surface area contributed by atoms with Gasteiger partial charge in [-0.05, 0) is 65.9 Å². The number of carbonyl (C=O) groups excluding carboxylic acids is 3. The molecule has 0 atom stereocenters. The van der Waals surface area contributed by atoms with Gasteiger partial charge in [-0.15, -0.1) is 0 Å². The number of nitrogens with one attached hydrogen (secondary N) is 1. The topological polar surface area (TPSA) is 75.7 Å². The van der Waals surface area contributed by atoms with Crippen LogP contribution >= 0.6 is 62.5 Å². The molecule has 1 aliphatic heterocycles. The Bertz CT molecular complexity index is 1400. The first-order valence-corrected chi connectivity index (χ1v) is 13.1. The van der Waals surface area contributed by atoms with Crippen molar-refractivity contribution in [2.75, 3.05) is 11.9 Å².